The molecule has 0 aromatic heterocycles. The monoisotopic (exact) mass is 252 g/mol. The Morgan fingerprint density at radius 2 is 1.84 bits per heavy atom. The molecule has 0 amide bonds. The lowest BCUT2D eigenvalue weighted by Gasteiger charge is -2.15. The summed E-state index contributed by atoms with van der Waals surface area (Å²) in [5.41, 5.74) is 3.11. The first-order chi connectivity index (χ1) is 9.24. The quantitative estimate of drug-likeness (QED) is 0.826. The number of carbonyl (C=O) groups excluding carboxylic acids is 1. The summed E-state index contributed by atoms with van der Waals surface area (Å²) in [6.45, 7) is 2.02. The maximum absolute atomic E-state index is 11.7. The van der Waals surface area contributed by atoms with Gasteiger partial charge in [0.25, 0.3) is 0 Å². The minimum atomic E-state index is -0.0178. The Bertz CT molecular complexity index is 602. The first-order valence-corrected chi connectivity index (χ1v) is 6.62. The van der Waals surface area contributed by atoms with Gasteiger partial charge in [-0.2, -0.15) is 0 Å². The molecule has 3 rings (SSSR count). The Balaban J connectivity index is 1.81. The van der Waals surface area contributed by atoms with Crippen LogP contribution in [0.1, 0.15) is 40.9 Å². The van der Waals surface area contributed by atoms with Crippen molar-refractivity contribution in [1.29, 1.82) is 0 Å². The predicted octanol–water partition coefficient (Wildman–Crippen LogP) is 3.96. The van der Waals surface area contributed by atoms with Crippen molar-refractivity contribution < 1.29 is 9.53 Å². The molecule has 0 saturated carbocycles. The summed E-state index contributed by atoms with van der Waals surface area (Å²) in [5, 5.41) is 0. The Labute approximate surface area is 113 Å². The van der Waals surface area contributed by atoms with Crippen LogP contribution in [0, 0.1) is 0 Å². The average molecular weight is 252 g/mol. The Kier molecular flexibility index (Phi) is 3.08. The van der Waals surface area contributed by atoms with E-state index in [0.29, 0.717) is 6.42 Å². The van der Waals surface area contributed by atoms with Gasteiger partial charge in [-0.05, 0) is 36.6 Å². The van der Waals surface area contributed by atoms with Gasteiger partial charge >= 0.3 is 0 Å². The molecule has 0 saturated heterocycles. The SMILES string of the molecule is CC(Oc1ccc2c(c1)C(=O)CC2)c1ccccc1. The zero-order valence-corrected chi connectivity index (χ0v) is 10.9. The fourth-order valence-corrected chi connectivity index (χ4v) is 2.49. The normalized spacial score (nSPS) is 15.1. The molecule has 0 fully saturated rings. The first-order valence-electron chi connectivity index (χ1n) is 6.62. The van der Waals surface area contributed by atoms with Gasteiger partial charge in [0.15, 0.2) is 5.78 Å². The molecule has 0 bridgehead atoms. The summed E-state index contributed by atoms with van der Waals surface area (Å²) in [4.78, 5) is 11.7. The van der Waals surface area contributed by atoms with Crippen molar-refractivity contribution >= 4 is 5.78 Å². The number of Topliss-reactive ketones (excluding diaryl/α,β-unsaturated/α-hetero) is 1. The summed E-state index contributed by atoms with van der Waals surface area (Å²) in [6.07, 6.45) is 1.48. The maximum atomic E-state index is 11.7. The van der Waals surface area contributed by atoms with Gasteiger partial charge in [-0.25, -0.2) is 0 Å². The van der Waals surface area contributed by atoms with Crippen molar-refractivity contribution in [2.24, 2.45) is 0 Å². The Morgan fingerprint density at radius 3 is 2.63 bits per heavy atom. The average Bonchev–Trinajstić information content (AvgIpc) is 2.81. The number of hydrogen-bond acceptors (Lipinski definition) is 2. The first kappa shape index (κ1) is 12.0. The van der Waals surface area contributed by atoms with E-state index in [0.717, 1.165) is 28.9 Å². The molecule has 2 nitrogen and oxygen atoms in total. The zero-order chi connectivity index (χ0) is 13.2. The van der Waals surface area contributed by atoms with E-state index in [1.807, 2.05) is 55.5 Å². The van der Waals surface area contributed by atoms with Crippen LogP contribution in [0.2, 0.25) is 0 Å². The maximum Gasteiger partial charge on any atom is 0.163 e. The number of aryl methyl sites for hydroxylation is 1. The molecule has 1 atom stereocenters. The molecule has 19 heavy (non-hydrogen) atoms. The van der Waals surface area contributed by atoms with E-state index < -0.39 is 0 Å². The fraction of sp³-hybridized carbons (Fsp3) is 0.235. The Hall–Kier alpha value is -2.09. The van der Waals surface area contributed by atoms with Crippen LogP contribution in [0.3, 0.4) is 0 Å². The lowest BCUT2D eigenvalue weighted by atomic mass is 10.1. The van der Waals surface area contributed by atoms with Crippen LogP contribution in [-0.4, -0.2) is 5.78 Å². The van der Waals surface area contributed by atoms with E-state index in [4.69, 9.17) is 4.74 Å². The summed E-state index contributed by atoms with van der Waals surface area (Å²) in [6, 6.07) is 15.9. The second-order valence-corrected chi connectivity index (χ2v) is 4.91. The molecule has 2 aromatic carbocycles. The van der Waals surface area contributed by atoms with E-state index in [1.165, 1.54) is 0 Å². The van der Waals surface area contributed by atoms with E-state index in [2.05, 4.69) is 0 Å². The highest BCUT2D eigenvalue weighted by Gasteiger charge is 2.20. The largest absolute Gasteiger partial charge is 0.486 e. The summed E-state index contributed by atoms with van der Waals surface area (Å²) < 4.78 is 5.92. The molecular weight excluding hydrogens is 236 g/mol. The van der Waals surface area contributed by atoms with Crippen LogP contribution < -0.4 is 4.74 Å². The van der Waals surface area contributed by atoms with Crippen LogP contribution in [0.25, 0.3) is 0 Å². The van der Waals surface area contributed by atoms with E-state index in [1.54, 1.807) is 0 Å². The van der Waals surface area contributed by atoms with Gasteiger partial charge in [0, 0.05) is 12.0 Å². The van der Waals surface area contributed by atoms with Crippen molar-refractivity contribution in [1.82, 2.24) is 0 Å². The lowest BCUT2D eigenvalue weighted by Crippen LogP contribution is -2.03. The molecule has 96 valence electrons. The smallest absolute Gasteiger partial charge is 0.163 e. The highest BCUT2D eigenvalue weighted by atomic mass is 16.5. The third kappa shape index (κ3) is 2.39. The highest BCUT2D eigenvalue weighted by molar-refractivity contribution is 6.00. The molecule has 0 radical (unpaired) electrons. The lowest BCUT2D eigenvalue weighted by molar-refractivity contribution is 0.0994. The van der Waals surface area contributed by atoms with E-state index in [9.17, 15) is 4.79 Å². The van der Waals surface area contributed by atoms with Crippen LogP contribution in [-0.2, 0) is 6.42 Å². The minimum absolute atomic E-state index is 0.0178. The minimum Gasteiger partial charge on any atom is -0.486 e. The highest BCUT2D eigenvalue weighted by Crippen LogP contribution is 2.28. The predicted molar refractivity (Wildman–Crippen MR) is 74.6 cm³/mol. The third-order valence-electron chi connectivity index (χ3n) is 3.58. The van der Waals surface area contributed by atoms with Gasteiger partial charge < -0.3 is 4.74 Å². The van der Waals surface area contributed by atoms with Crippen molar-refractivity contribution in [3.05, 3.63) is 65.2 Å². The molecular formula is C17H16O2. The van der Waals surface area contributed by atoms with Crippen LogP contribution in [0.5, 0.6) is 5.75 Å². The topological polar surface area (TPSA) is 26.3 Å². The molecule has 2 heteroatoms. The molecule has 0 spiro atoms. The number of benzene rings is 2. The summed E-state index contributed by atoms with van der Waals surface area (Å²) >= 11 is 0. The van der Waals surface area contributed by atoms with Gasteiger partial charge in [0.2, 0.25) is 0 Å². The van der Waals surface area contributed by atoms with Crippen molar-refractivity contribution in [2.75, 3.05) is 0 Å². The Morgan fingerprint density at radius 1 is 1.05 bits per heavy atom. The van der Waals surface area contributed by atoms with Gasteiger partial charge in [-0.3, -0.25) is 4.79 Å². The molecule has 2 aromatic rings. The second kappa shape index (κ2) is 4.88. The summed E-state index contributed by atoms with van der Waals surface area (Å²) in [5.74, 6) is 0.998. The van der Waals surface area contributed by atoms with Gasteiger partial charge in [0.1, 0.15) is 11.9 Å². The third-order valence-corrected chi connectivity index (χ3v) is 3.58. The van der Waals surface area contributed by atoms with Gasteiger partial charge in [-0.15, -0.1) is 0 Å². The van der Waals surface area contributed by atoms with Gasteiger partial charge in [-0.1, -0.05) is 36.4 Å². The number of rotatable bonds is 3. The fourth-order valence-electron chi connectivity index (χ4n) is 2.49. The second-order valence-electron chi connectivity index (χ2n) is 4.91. The molecule has 1 unspecified atom stereocenters. The number of ether oxygens (including phenoxy) is 1. The number of carbonyl (C=O) groups is 1. The van der Waals surface area contributed by atoms with Crippen molar-refractivity contribution in [2.45, 2.75) is 25.9 Å². The van der Waals surface area contributed by atoms with Crippen LogP contribution >= 0.6 is 0 Å². The number of ketones is 1. The van der Waals surface area contributed by atoms with E-state index >= 15 is 0 Å². The zero-order valence-electron chi connectivity index (χ0n) is 10.9. The number of hydrogen-bond donors (Lipinski definition) is 0. The van der Waals surface area contributed by atoms with E-state index in [-0.39, 0.29) is 11.9 Å². The van der Waals surface area contributed by atoms with Crippen molar-refractivity contribution in [3.63, 3.8) is 0 Å². The molecule has 0 N–H and O–H groups in total. The van der Waals surface area contributed by atoms with Gasteiger partial charge in [0.05, 0.1) is 0 Å². The summed E-state index contributed by atoms with van der Waals surface area (Å²) in [7, 11) is 0. The molecule has 0 heterocycles. The molecule has 0 aliphatic heterocycles. The van der Waals surface area contributed by atoms with Crippen molar-refractivity contribution in [3.8, 4) is 5.75 Å². The standard InChI is InChI=1S/C17H16O2/c1-12(13-5-3-2-4-6-13)19-15-9-7-14-8-10-17(18)16(14)11-15/h2-7,9,11-12H,8,10H2,1H3. The molecule has 1 aliphatic rings. The van der Waals surface area contributed by atoms with Crippen LogP contribution in [0.4, 0.5) is 0 Å². The molecule has 1 aliphatic carbocycles. The van der Waals surface area contributed by atoms with Crippen LogP contribution in [0.15, 0.2) is 48.5 Å². The number of fused-ring (bicyclic) bond motifs is 1.